The number of benzene rings is 1. The number of halogens is 3. The Bertz CT molecular complexity index is 423. The molecule has 0 fully saturated rings. The highest BCUT2D eigenvalue weighted by molar-refractivity contribution is 8.00. The Balaban J connectivity index is 1.99. The fraction of sp³-hybridized carbons (Fsp3) is 0.538. The summed E-state index contributed by atoms with van der Waals surface area (Å²) in [5.41, 5.74) is 3.73. The summed E-state index contributed by atoms with van der Waals surface area (Å²) in [5, 5.41) is 0. The van der Waals surface area contributed by atoms with Crippen molar-refractivity contribution >= 4 is 17.4 Å². The molecule has 1 aliphatic rings. The van der Waals surface area contributed by atoms with E-state index in [2.05, 4.69) is 0 Å². The van der Waals surface area contributed by atoms with Gasteiger partial charge in [0.25, 0.3) is 0 Å². The van der Waals surface area contributed by atoms with Crippen molar-refractivity contribution in [2.24, 2.45) is 5.73 Å². The van der Waals surface area contributed by atoms with Crippen molar-refractivity contribution in [1.82, 2.24) is 0 Å². The second-order valence-corrected chi connectivity index (χ2v) is 5.73. The number of nitrogens with zero attached hydrogens (tertiary/aromatic N) is 1. The molecule has 0 spiro atoms. The molecule has 1 aromatic rings. The average Bonchev–Trinajstić information content (AvgIpc) is 2.68. The smallest absolute Gasteiger partial charge is 0.370 e. The highest BCUT2D eigenvalue weighted by atomic mass is 32.2. The van der Waals surface area contributed by atoms with Gasteiger partial charge in [-0.15, -0.1) is 0 Å². The van der Waals surface area contributed by atoms with Gasteiger partial charge in [0.15, 0.2) is 0 Å². The quantitative estimate of drug-likeness (QED) is 0.903. The van der Waals surface area contributed by atoms with E-state index in [1.165, 1.54) is 5.56 Å². The van der Waals surface area contributed by atoms with Crippen LogP contribution in [0.4, 0.5) is 18.9 Å². The Hall–Kier alpha value is -0.880. The first-order valence-corrected chi connectivity index (χ1v) is 7.24. The van der Waals surface area contributed by atoms with Crippen LogP contribution in [0.25, 0.3) is 0 Å². The van der Waals surface area contributed by atoms with E-state index in [0.29, 0.717) is 19.0 Å². The molecule has 2 nitrogen and oxygen atoms in total. The first kappa shape index (κ1) is 14.5. The van der Waals surface area contributed by atoms with Gasteiger partial charge >= 0.3 is 5.51 Å². The van der Waals surface area contributed by atoms with Gasteiger partial charge in [-0.1, -0.05) is 18.2 Å². The van der Waals surface area contributed by atoms with Gasteiger partial charge in [-0.2, -0.15) is 13.2 Å². The van der Waals surface area contributed by atoms with Gasteiger partial charge in [-0.25, -0.2) is 0 Å². The molecular formula is C13H17F3N2S. The molecule has 0 saturated heterocycles. The number of fused-ring (bicyclic) bond motifs is 1. The maximum Gasteiger partial charge on any atom is 0.441 e. The van der Waals surface area contributed by atoms with Crippen molar-refractivity contribution in [3.8, 4) is 0 Å². The van der Waals surface area contributed by atoms with Gasteiger partial charge in [0.05, 0.1) is 0 Å². The van der Waals surface area contributed by atoms with Gasteiger partial charge in [-0.3, -0.25) is 0 Å². The van der Waals surface area contributed by atoms with Crippen LogP contribution >= 0.6 is 11.8 Å². The lowest BCUT2D eigenvalue weighted by Crippen LogP contribution is -2.26. The van der Waals surface area contributed by atoms with Crippen molar-refractivity contribution in [2.75, 3.05) is 30.3 Å². The predicted octanol–water partition coefficient (Wildman–Crippen LogP) is 3.19. The Labute approximate surface area is 115 Å². The summed E-state index contributed by atoms with van der Waals surface area (Å²) >= 11 is 0.0433. The minimum atomic E-state index is -4.14. The van der Waals surface area contributed by atoms with Gasteiger partial charge in [0.2, 0.25) is 0 Å². The molecule has 0 saturated carbocycles. The van der Waals surface area contributed by atoms with Crippen molar-refractivity contribution in [3.05, 3.63) is 29.8 Å². The van der Waals surface area contributed by atoms with E-state index in [4.69, 9.17) is 5.73 Å². The van der Waals surface area contributed by atoms with Crippen LogP contribution in [0.3, 0.4) is 0 Å². The number of nitrogens with two attached hydrogens (primary N) is 1. The summed E-state index contributed by atoms with van der Waals surface area (Å²) in [6, 6.07) is 7.92. The second kappa shape index (κ2) is 6.05. The standard InChI is InChI=1S/C13H17F3N2S/c14-13(15,16)19-8-7-18-9-10(5-6-17)11-3-1-2-4-12(11)18/h1-4,10H,5-9,17H2. The van der Waals surface area contributed by atoms with Crippen molar-refractivity contribution in [3.63, 3.8) is 0 Å². The molecule has 0 aliphatic carbocycles. The lowest BCUT2D eigenvalue weighted by molar-refractivity contribution is -0.0327. The van der Waals surface area contributed by atoms with Crippen LogP contribution in [0.1, 0.15) is 17.9 Å². The second-order valence-electron chi connectivity index (χ2n) is 4.57. The first-order valence-electron chi connectivity index (χ1n) is 6.26. The summed E-state index contributed by atoms with van der Waals surface area (Å²) in [6.45, 7) is 1.79. The lowest BCUT2D eigenvalue weighted by Gasteiger charge is -2.20. The van der Waals surface area contributed by atoms with E-state index in [1.54, 1.807) is 0 Å². The summed E-state index contributed by atoms with van der Waals surface area (Å²) in [5.74, 6) is 0.407. The van der Waals surface area contributed by atoms with E-state index in [0.717, 1.165) is 18.7 Å². The number of hydrogen-bond acceptors (Lipinski definition) is 3. The molecule has 6 heteroatoms. The highest BCUT2D eigenvalue weighted by Crippen LogP contribution is 2.38. The third kappa shape index (κ3) is 3.79. The van der Waals surface area contributed by atoms with Crippen LogP contribution in [-0.2, 0) is 0 Å². The molecule has 1 unspecified atom stereocenters. The van der Waals surface area contributed by atoms with Gasteiger partial charge in [-0.05, 0) is 36.4 Å². The van der Waals surface area contributed by atoms with Gasteiger partial charge in [0.1, 0.15) is 0 Å². The number of thioether (sulfide) groups is 1. The monoisotopic (exact) mass is 290 g/mol. The third-order valence-electron chi connectivity index (χ3n) is 3.30. The Morgan fingerprint density at radius 1 is 1.32 bits per heavy atom. The molecule has 1 heterocycles. The summed E-state index contributed by atoms with van der Waals surface area (Å²) in [4.78, 5) is 2.04. The number of anilines is 1. The molecule has 0 radical (unpaired) electrons. The lowest BCUT2D eigenvalue weighted by atomic mass is 9.98. The molecule has 2 N–H and O–H groups in total. The molecule has 19 heavy (non-hydrogen) atoms. The van der Waals surface area contributed by atoms with E-state index >= 15 is 0 Å². The largest absolute Gasteiger partial charge is 0.441 e. The minimum absolute atomic E-state index is 0.0433. The van der Waals surface area contributed by atoms with Crippen molar-refractivity contribution in [1.29, 1.82) is 0 Å². The first-order chi connectivity index (χ1) is 9.01. The molecule has 1 atom stereocenters. The molecule has 0 bridgehead atoms. The minimum Gasteiger partial charge on any atom is -0.370 e. The van der Waals surface area contributed by atoms with Crippen LogP contribution in [0.15, 0.2) is 24.3 Å². The number of rotatable bonds is 5. The topological polar surface area (TPSA) is 29.3 Å². The van der Waals surface area contributed by atoms with E-state index in [9.17, 15) is 13.2 Å². The van der Waals surface area contributed by atoms with Crippen molar-refractivity contribution in [2.45, 2.75) is 17.8 Å². The fourth-order valence-corrected chi connectivity index (χ4v) is 3.06. The zero-order chi connectivity index (χ0) is 13.9. The zero-order valence-electron chi connectivity index (χ0n) is 10.5. The normalized spacial score (nSPS) is 18.7. The van der Waals surface area contributed by atoms with Crippen LogP contribution < -0.4 is 10.6 Å². The maximum atomic E-state index is 12.2. The van der Waals surface area contributed by atoms with Crippen LogP contribution in [0, 0.1) is 0 Å². The Morgan fingerprint density at radius 2 is 2.05 bits per heavy atom. The van der Waals surface area contributed by atoms with Gasteiger partial charge in [0, 0.05) is 30.4 Å². The molecule has 0 aromatic heterocycles. The van der Waals surface area contributed by atoms with Crippen molar-refractivity contribution < 1.29 is 13.2 Å². The molecule has 1 aliphatic heterocycles. The Morgan fingerprint density at radius 3 is 2.74 bits per heavy atom. The van der Waals surface area contributed by atoms with Crippen LogP contribution in [0.5, 0.6) is 0 Å². The fourth-order valence-electron chi connectivity index (χ4n) is 2.51. The summed E-state index contributed by atoms with van der Waals surface area (Å²) < 4.78 is 36.5. The molecule has 2 rings (SSSR count). The van der Waals surface area contributed by atoms with Crippen LogP contribution in [0.2, 0.25) is 0 Å². The van der Waals surface area contributed by atoms with Gasteiger partial charge < -0.3 is 10.6 Å². The zero-order valence-corrected chi connectivity index (χ0v) is 11.3. The highest BCUT2D eigenvalue weighted by Gasteiger charge is 2.30. The average molecular weight is 290 g/mol. The summed E-state index contributed by atoms with van der Waals surface area (Å²) in [7, 11) is 0. The molecule has 0 amide bonds. The third-order valence-corrected chi connectivity index (χ3v) is 4.01. The maximum absolute atomic E-state index is 12.2. The molecule has 106 valence electrons. The van der Waals surface area contributed by atoms with E-state index in [-0.39, 0.29) is 17.5 Å². The van der Waals surface area contributed by atoms with E-state index in [1.807, 2.05) is 29.2 Å². The Kier molecular flexibility index (Phi) is 4.62. The molecular weight excluding hydrogens is 273 g/mol. The molecule has 1 aromatic carbocycles. The number of alkyl halides is 3. The van der Waals surface area contributed by atoms with E-state index < -0.39 is 5.51 Å². The SMILES string of the molecule is NCCC1CN(CCSC(F)(F)F)c2ccccc21. The predicted molar refractivity (Wildman–Crippen MR) is 73.6 cm³/mol. The summed E-state index contributed by atoms with van der Waals surface area (Å²) in [6.07, 6.45) is 0.875. The number of para-hydroxylation sites is 1. The number of hydrogen-bond donors (Lipinski definition) is 1. The van der Waals surface area contributed by atoms with Crippen LogP contribution in [-0.4, -0.2) is 30.9 Å².